The smallest absolute Gasteiger partial charge is 0.328 e. The number of nitriles is 1. The first kappa shape index (κ1) is 25.2. The Morgan fingerprint density at radius 1 is 1.08 bits per heavy atom. The van der Waals surface area contributed by atoms with Crippen molar-refractivity contribution >= 4 is 38.7 Å². The zero-order chi connectivity index (χ0) is 25.9. The van der Waals surface area contributed by atoms with Gasteiger partial charge in [-0.05, 0) is 55.3 Å². The third kappa shape index (κ3) is 5.20. The van der Waals surface area contributed by atoms with Crippen molar-refractivity contribution in [2.24, 2.45) is 0 Å². The number of urea groups is 1. The zero-order valence-electron chi connectivity index (χ0n) is 19.7. The molecule has 0 aliphatic heterocycles. The molecule has 4 aromatic rings. The van der Waals surface area contributed by atoms with Crippen molar-refractivity contribution in [1.29, 1.82) is 5.26 Å². The minimum atomic E-state index is -3.93. The SMILES string of the molecule is CCc1nc2c(Cl)c(C#N)ccc2n1-c1ccc(CCNC(=O)NS(=O)(=O)c2ccc(C)cc2)cc1. The van der Waals surface area contributed by atoms with Crippen LogP contribution < -0.4 is 10.0 Å². The summed E-state index contributed by atoms with van der Waals surface area (Å²) in [6.45, 7) is 4.11. The fourth-order valence-corrected chi connectivity index (χ4v) is 5.01. The van der Waals surface area contributed by atoms with Crippen molar-refractivity contribution in [3.05, 3.63) is 88.2 Å². The Kier molecular flexibility index (Phi) is 7.29. The van der Waals surface area contributed by atoms with Gasteiger partial charge in [-0.25, -0.2) is 22.9 Å². The molecule has 0 spiro atoms. The van der Waals surface area contributed by atoms with E-state index in [1.54, 1.807) is 18.2 Å². The Morgan fingerprint density at radius 2 is 1.78 bits per heavy atom. The molecule has 10 heteroatoms. The highest BCUT2D eigenvalue weighted by atomic mass is 35.5. The Balaban J connectivity index is 1.42. The Hall–Kier alpha value is -3.87. The van der Waals surface area contributed by atoms with Crippen LogP contribution in [-0.4, -0.2) is 30.5 Å². The topological polar surface area (TPSA) is 117 Å². The van der Waals surface area contributed by atoms with Crippen LogP contribution in [0, 0.1) is 18.3 Å². The fraction of sp³-hybridized carbons (Fsp3) is 0.192. The number of benzene rings is 3. The third-order valence-electron chi connectivity index (χ3n) is 5.72. The predicted octanol–water partition coefficient (Wildman–Crippen LogP) is 4.65. The molecule has 0 saturated carbocycles. The van der Waals surface area contributed by atoms with Crippen molar-refractivity contribution in [2.45, 2.75) is 31.6 Å². The molecule has 2 N–H and O–H groups in total. The molecule has 0 bridgehead atoms. The van der Waals surface area contributed by atoms with Crippen LogP contribution >= 0.6 is 11.6 Å². The lowest BCUT2D eigenvalue weighted by atomic mass is 10.1. The van der Waals surface area contributed by atoms with E-state index in [2.05, 4.69) is 16.4 Å². The first-order valence-corrected chi connectivity index (χ1v) is 13.2. The number of amides is 2. The third-order valence-corrected chi connectivity index (χ3v) is 7.45. The Morgan fingerprint density at radius 3 is 2.42 bits per heavy atom. The number of hydrogen-bond donors (Lipinski definition) is 2. The number of hydrogen-bond acceptors (Lipinski definition) is 5. The van der Waals surface area contributed by atoms with Gasteiger partial charge in [-0.15, -0.1) is 0 Å². The number of nitrogens with one attached hydrogen (secondary N) is 2. The van der Waals surface area contributed by atoms with E-state index >= 15 is 0 Å². The molecule has 2 amide bonds. The van der Waals surface area contributed by atoms with Gasteiger partial charge in [0.25, 0.3) is 10.0 Å². The number of aryl methyl sites for hydroxylation is 2. The average molecular weight is 522 g/mol. The second kappa shape index (κ2) is 10.4. The van der Waals surface area contributed by atoms with Gasteiger partial charge in [0.1, 0.15) is 17.4 Å². The van der Waals surface area contributed by atoms with E-state index in [1.807, 2.05) is 53.5 Å². The van der Waals surface area contributed by atoms with Crippen LogP contribution in [0.5, 0.6) is 0 Å². The second-order valence-electron chi connectivity index (χ2n) is 8.21. The molecule has 0 radical (unpaired) electrons. The normalized spacial score (nSPS) is 11.3. The Bertz CT molecular complexity index is 1570. The number of nitrogens with zero attached hydrogens (tertiary/aromatic N) is 3. The van der Waals surface area contributed by atoms with E-state index in [-0.39, 0.29) is 11.4 Å². The van der Waals surface area contributed by atoms with Crippen LogP contribution in [0.4, 0.5) is 4.79 Å². The molecule has 0 aliphatic rings. The van der Waals surface area contributed by atoms with Crippen LogP contribution in [0.15, 0.2) is 65.6 Å². The van der Waals surface area contributed by atoms with Crippen molar-refractivity contribution in [3.63, 3.8) is 0 Å². The molecule has 1 aromatic heterocycles. The highest BCUT2D eigenvalue weighted by Crippen LogP contribution is 2.30. The number of carbonyl (C=O) groups is 1. The summed E-state index contributed by atoms with van der Waals surface area (Å²) in [7, 11) is -3.93. The molecular weight excluding hydrogens is 498 g/mol. The molecule has 0 atom stereocenters. The van der Waals surface area contributed by atoms with Gasteiger partial charge in [0.15, 0.2) is 0 Å². The number of sulfonamides is 1. The van der Waals surface area contributed by atoms with E-state index in [0.717, 1.165) is 28.2 Å². The fourth-order valence-electron chi connectivity index (χ4n) is 3.84. The first-order chi connectivity index (χ1) is 17.2. The van der Waals surface area contributed by atoms with E-state index in [9.17, 15) is 18.5 Å². The number of fused-ring (bicyclic) bond motifs is 1. The van der Waals surface area contributed by atoms with E-state index in [4.69, 9.17) is 11.6 Å². The van der Waals surface area contributed by atoms with Gasteiger partial charge in [0.05, 0.1) is 21.0 Å². The van der Waals surface area contributed by atoms with Crippen LogP contribution in [0.3, 0.4) is 0 Å². The summed E-state index contributed by atoms with van der Waals surface area (Å²) >= 11 is 6.38. The largest absolute Gasteiger partial charge is 0.337 e. The van der Waals surface area contributed by atoms with Gasteiger partial charge in [-0.1, -0.05) is 48.4 Å². The molecule has 0 aliphatic carbocycles. The molecule has 0 fully saturated rings. The summed E-state index contributed by atoms with van der Waals surface area (Å²) in [5.74, 6) is 0.822. The second-order valence-corrected chi connectivity index (χ2v) is 10.3. The number of carbonyl (C=O) groups excluding carboxylic acids is 1. The van der Waals surface area contributed by atoms with Gasteiger partial charge in [0, 0.05) is 18.7 Å². The van der Waals surface area contributed by atoms with Crippen molar-refractivity contribution in [3.8, 4) is 11.8 Å². The van der Waals surface area contributed by atoms with Crippen molar-refractivity contribution < 1.29 is 13.2 Å². The first-order valence-electron chi connectivity index (χ1n) is 11.3. The molecular formula is C26H24ClN5O3S. The molecule has 4 rings (SSSR count). The van der Waals surface area contributed by atoms with Crippen LogP contribution in [0.25, 0.3) is 16.7 Å². The van der Waals surface area contributed by atoms with Gasteiger partial charge >= 0.3 is 6.03 Å². The monoisotopic (exact) mass is 521 g/mol. The summed E-state index contributed by atoms with van der Waals surface area (Å²) in [6, 6.07) is 18.9. The Labute approximate surface area is 214 Å². The molecule has 0 saturated heterocycles. The number of imidazole rings is 1. The number of halogens is 1. The lowest BCUT2D eigenvalue weighted by molar-refractivity contribution is 0.246. The molecule has 36 heavy (non-hydrogen) atoms. The van der Waals surface area contributed by atoms with Crippen LogP contribution in [0.2, 0.25) is 5.02 Å². The van der Waals surface area contributed by atoms with E-state index in [0.29, 0.717) is 28.9 Å². The maximum atomic E-state index is 12.3. The molecule has 184 valence electrons. The number of aromatic nitrogens is 2. The minimum absolute atomic E-state index is 0.0300. The van der Waals surface area contributed by atoms with Gasteiger partial charge in [-0.3, -0.25) is 4.57 Å². The summed E-state index contributed by atoms with van der Waals surface area (Å²) in [5, 5.41) is 12.2. The summed E-state index contributed by atoms with van der Waals surface area (Å²) in [5.41, 5.74) is 4.58. The maximum Gasteiger partial charge on any atom is 0.328 e. The van der Waals surface area contributed by atoms with Gasteiger partial charge < -0.3 is 5.32 Å². The van der Waals surface area contributed by atoms with Crippen LogP contribution in [-0.2, 0) is 22.9 Å². The molecule has 8 nitrogen and oxygen atoms in total. The van der Waals surface area contributed by atoms with Crippen molar-refractivity contribution in [1.82, 2.24) is 19.6 Å². The van der Waals surface area contributed by atoms with Gasteiger partial charge in [0.2, 0.25) is 0 Å². The van der Waals surface area contributed by atoms with Crippen LogP contribution in [0.1, 0.15) is 29.4 Å². The predicted molar refractivity (Wildman–Crippen MR) is 139 cm³/mol. The van der Waals surface area contributed by atoms with E-state index < -0.39 is 16.1 Å². The number of rotatable bonds is 7. The lowest BCUT2D eigenvalue weighted by Crippen LogP contribution is -2.40. The highest BCUT2D eigenvalue weighted by molar-refractivity contribution is 7.90. The average Bonchev–Trinajstić information content (AvgIpc) is 3.24. The summed E-state index contributed by atoms with van der Waals surface area (Å²) < 4.78 is 28.7. The summed E-state index contributed by atoms with van der Waals surface area (Å²) in [4.78, 5) is 16.8. The maximum absolute atomic E-state index is 12.3. The van der Waals surface area contributed by atoms with Gasteiger partial charge in [-0.2, -0.15) is 5.26 Å². The van der Waals surface area contributed by atoms with E-state index in [1.165, 1.54) is 12.1 Å². The molecule has 0 unspecified atom stereocenters. The molecule has 1 heterocycles. The molecule has 3 aromatic carbocycles. The van der Waals surface area contributed by atoms with Crippen molar-refractivity contribution in [2.75, 3.05) is 6.54 Å². The zero-order valence-corrected chi connectivity index (χ0v) is 21.3. The highest BCUT2D eigenvalue weighted by Gasteiger charge is 2.18. The lowest BCUT2D eigenvalue weighted by Gasteiger charge is -2.11. The standard InChI is InChI=1S/C26H24ClN5O3S/c1-3-23-30-25-22(13-8-19(16-28)24(25)27)32(23)20-9-6-18(7-10-20)14-15-29-26(33)31-36(34,35)21-11-4-17(2)5-12-21/h4-13H,3,14-15H2,1-2H3,(H2,29,31,33). The quantitative estimate of drug-likeness (QED) is 0.367. The minimum Gasteiger partial charge on any atom is -0.337 e. The summed E-state index contributed by atoms with van der Waals surface area (Å²) in [6.07, 6.45) is 1.19.